The zero-order valence-corrected chi connectivity index (χ0v) is 19.1. The largest absolute Gasteiger partial charge is 0.490 e. The van der Waals surface area contributed by atoms with Crippen molar-refractivity contribution in [3.63, 3.8) is 0 Å². The minimum Gasteiger partial charge on any atom is -0.490 e. The van der Waals surface area contributed by atoms with Gasteiger partial charge in [-0.15, -0.1) is 0 Å². The molecular formula is C23H27BrN2O5. The van der Waals surface area contributed by atoms with Gasteiger partial charge < -0.3 is 24.8 Å². The summed E-state index contributed by atoms with van der Waals surface area (Å²) in [5.41, 5.74) is 1.64. The van der Waals surface area contributed by atoms with Crippen molar-refractivity contribution in [1.29, 1.82) is 0 Å². The second-order valence-corrected chi connectivity index (χ2v) is 8.08. The summed E-state index contributed by atoms with van der Waals surface area (Å²) in [4.78, 5) is 24.7. The first-order valence-corrected chi connectivity index (χ1v) is 11.1. The third kappa shape index (κ3) is 7.05. The first-order valence-electron chi connectivity index (χ1n) is 10.3. The molecule has 2 amide bonds. The van der Waals surface area contributed by atoms with Crippen molar-refractivity contribution in [2.75, 3.05) is 38.8 Å². The molecule has 1 unspecified atom stereocenters. The Morgan fingerprint density at radius 2 is 1.90 bits per heavy atom. The van der Waals surface area contributed by atoms with Crippen LogP contribution in [0, 0.1) is 0 Å². The zero-order valence-electron chi connectivity index (χ0n) is 17.5. The zero-order chi connectivity index (χ0) is 22.1. The maximum absolute atomic E-state index is 12.6. The van der Waals surface area contributed by atoms with Gasteiger partial charge in [0.05, 0.1) is 10.6 Å². The van der Waals surface area contributed by atoms with Gasteiger partial charge in [-0.25, -0.2) is 0 Å². The van der Waals surface area contributed by atoms with Crippen molar-refractivity contribution in [2.45, 2.75) is 25.4 Å². The highest BCUT2D eigenvalue weighted by Crippen LogP contribution is 2.27. The third-order valence-electron chi connectivity index (χ3n) is 4.86. The predicted molar refractivity (Wildman–Crippen MR) is 122 cm³/mol. The van der Waals surface area contributed by atoms with E-state index in [2.05, 4.69) is 26.6 Å². The summed E-state index contributed by atoms with van der Waals surface area (Å²) in [5, 5.41) is 5.67. The Morgan fingerprint density at radius 3 is 2.58 bits per heavy atom. The van der Waals surface area contributed by atoms with Crippen molar-refractivity contribution in [2.24, 2.45) is 0 Å². The molecular weight excluding hydrogens is 464 g/mol. The van der Waals surface area contributed by atoms with Crippen molar-refractivity contribution >= 4 is 33.4 Å². The molecule has 0 radical (unpaired) electrons. The normalized spacial score (nSPS) is 15.5. The van der Waals surface area contributed by atoms with Gasteiger partial charge in [-0.3, -0.25) is 9.59 Å². The van der Waals surface area contributed by atoms with E-state index in [1.165, 1.54) is 0 Å². The summed E-state index contributed by atoms with van der Waals surface area (Å²) in [7, 11) is 1.63. The van der Waals surface area contributed by atoms with Crippen LogP contribution in [-0.4, -0.2) is 51.4 Å². The fourth-order valence-corrected chi connectivity index (χ4v) is 3.64. The molecule has 1 atom stereocenters. The Balaban J connectivity index is 1.52. The van der Waals surface area contributed by atoms with E-state index in [1.807, 2.05) is 0 Å². The summed E-state index contributed by atoms with van der Waals surface area (Å²) < 4.78 is 17.0. The van der Waals surface area contributed by atoms with Crippen LogP contribution in [0.2, 0.25) is 0 Å². The molecule has 2 aromatic rings. The van der Waals surface area contributed by atoms with Gasteiger partial charge in [-0.2, -0.15) is 0 Å². The van der Waals surface area contributed by atoms with E-state index >= 15 is 0 Å². The second-order valence-electron chi connectivity index (χ2n) is 7.22. The summed E-state index contributed by atoms with van der Waals surface area (Å²) in [6.07, 6.45) is 2.95. The van der Waals surface area contributed by atoms with Crippen LogP contribution in [0.15, 0.2) is 46.9 Å². The maximum Gasteiger partial charge on any atom is 0.255 e. The summed E-state index contributed by atoms with van der Waals surface area (Å²) >= 11 is 3.47. The molecule has 2 aromatic carbocycles. The first-order chi connectivity index (χ1) is 15.1. The Hall–Kier alpha value is -2.42. The molecule has 1 aliphatic rings. The molecule has 0 bridgehead atoms. The molecule has 2 N–H and O–H groups in total. The molecule has 1 heterocycles. The van der Waals surface area contributed by atoms with Gasteiger partial charge in [0.15, 0.2) is 0 Å². The van der Waals surface area contributed by atoms with Gasteiger partial charge in [-0.05, 0) is 77.7 Å². The van der Waals surface area contributed by atoms with Gasteiger partial charge in [0.2, 0.25) is 0 Å². The minimum absolute atomic E-state index is 0.130. The Kier molecular flexibility index (Phi) is 8.87. The first kappa shape index (κ1) is 23.2. The quantitative estimate of drug-likeness (QED) is 0.491. The van der Waals surface area contributed by atoms with E-state index in [1.54, 1.807) is 49.6 Å². The number of carbonyl (C=O) groups is 2. The number of nitrogens with one attached hydrogen (secondary N) is 2. The molecule has 1 fully saturated rings. The van der Waals surface area contributed by atoms with Crippen LogP contribution < -0.4 is 15.4 Å². The molecule has 0 saturated carbocycles. The lowest BCUT2D eigenvalue weighted by Gasteiger charge is -2.13. The van der Waals surface area contributed by atoms with E-state index < -0.39 is 0 Å². The summed E-state index contributed by atoms with van der Waals surface area (Å²) in [5.74, 6) is 0.271. The van der Waals surface area contributed by atoms with Crippen LogP contribution in [0.25, 0.3) is 0 Å². The minimum atomic E-state index is -0.247. The van der Waals surface area contributed by atoms with Crippen LogP contribution in [0.3, 0.4) is 0 Å². The van der Waals surface area contributed by atoms with Crippen molar-refractivity contribution in [3.8, 4) is 5.75 Å². The van der Waals surface area contributed by atoms with Gasteiger partial charge in [0, 0.05) is 43.7 Å². The number of ether oxygens (including phenoxy) is 3. The summed E-state index contributed by atoms with van der Waals surface area (Å²) in [6, 6.07) is 12.0. The molecule has 0 spiro atoms. The van der Waals surface area contributed by atoms with Crippen LogP contribution in [-0.2, 0) is 9.47 Å². The average molecular weight is 491 g/mol. The van der Waals surface area contributed by atoms with Crippen LogP contribution in [0.5, 0.6) is 5.75 Å². The number of amides is 2. The molecule has 0 aromatic heterocycles. The SMILES string of the molecule is COCCCNC(=O)c1ccc(NC(=O)c2ccc(OCC3CCCO3)c(Br)c2)cc1. The molecule has 3 rings (SSSR count). The highest BCUT2D eigenvalue weighted by atomic mass is 79.9. The smallest absolute Gasteiger partial charge is 0.255 e. The maximum atomic E-state index is 12.6. The van der Waals surface area contributed by atoms with E-state index in [4.69, 9.17) is 14.2 Å². The number of hydrogen-bond donors (Lipinski definition) is 2. The number of methoxy groups -OCH3 is 1. The standard InChI is InChI=1S/C23H27BrN2O5/c1-29-12-3-11-25-22(27)16-5-8-18(9-6-16)26-23(28)17-7-10-21(20(24)14-17)31-15-19-4-2-13-30-19/h5-10,14,19H,2-4,11-13,15H2,1H3,(H,25,27)(H,26,28). The molecule has 31 heavy (non-hydrogen) atoms. The Labute approximate surface area is 190 Å². The summed E-state index contributed by atoms with van der Waals surface area (Å²) in [6.45, 7) is 2.43. The van der Waals surface area contributed by atoms with Crippen molar-refractivity contribution < 1.29 is 23.8 Å². The Morgan fingerprint density at radius 1 is 1.13 bits per heavy atom. The molecule has 1 saturated heterocycles. The highest BCUT2D eigenvalue weighted by molar-refractivity contribution is 9.10. The van der Waals surface area contributed by atoms with E-state index in [-0.39, 0.29) is 17.9 Å². The lowest BCUT2D eigenvalue weighted by molar-refractivity contribution is 0.0677. The number of anilines is 1. The molecule has 1 aliphatic heterocycles. The fourth-order valence-electron chi connectivity index (χ4n) is 3.15. The lowest BCUT2D eigenvalue weighted by Crippen LogP contribution is -2.25. The number of hydrogen-bond acceptors (Lipinski definition) is 5. The molecule has 7 nitrogen and oxygen atoms in total. The van der Waals surface area contributed by atoms with E-state index in [9.17, 15) is 9.59 Å². The second kappa shape index (κ2) is 11.8. The van der Waals surface area contributed by atoms with Gasteiger partial charge in [0.1, 0.15) is 12.4 Å². The van der Waals surface area contributed by atoms with Gasteiger partial charge >= 0.3 is 0 Å². The number of halogens is 1. The van der Waals surface area contributed by atoms with Crippen LogP contribution in [0.4, 0.5) is 5.69 Å². The Bertz CT molecular complexity index is 882. The molecule has 166 valence electrons. The lowest BCUT2D eigenvalue weighted by atomic mass is 10.1. The topological polar surface area (TPSA) is 85.9 Å². The van der Waals surface area contributed by atoms with E-state index in [0.29, 0.717) is 46.8 Å². The highest BCUT2D eigenvalue weighted by Gasteiger charge is 2.17. The monoisotopic (exact) mass is 490 g/mol. The molecule has 0 aliphatic carbocycles. The average Bonchev–Trinajstić information content (AvgIpc) is 3.30. The fraction of sp³-hybridized carbons (Fsp3) is 0.391. The van der Waals surface area contributed by atoms with Gasteiger partial charge in [-0.1, -0.05) is 0 Å². The number of benzene rings is 2. The predicted octanol–water partition coefficient (Wildman–Crippen LogP) is 4.03. The third-order valence-corrected chi connectivity index (χ3v) is 5.48. The van der Waals surface area contributed by atoms with Crippen molar-refractivity contribution in [3.05, 3.63) is 58.1 Å². The van der Waals surface area contributed by atoms with Crippen LogP contribution >= 0.6 is 15.9 Å². The number of rotatable bonds is 10. The number of carbonyl (C=O) groups excluding carboxylic acids is 2. The van der Waals surface area contributed by atoms with E-state index in [0.717, 1.165) is 25.9 Å². The van der Waals surface area contributed by atoms with Crippen LogP contribution in [0.1, 0.15) is 40.0 Å². The molecule has 8 heteroatoms. The van der Waals surface area contributed by atoms with Crippen molar-refractivity contribution in [1.82, 2.24) is 5.32 Å². The van der Waals surface area contributed by atoms with Gasteiger partial charge in [0.25, 0.3) is 11.8 Å².